The van der Waals surface area contributed by atoms with E-state index in [1.165, 1.54) is 29.3 Å². The Balaban J connectivity index is 1.47. The van der Waals surface area contributed by atoms with Crippen LogP contribution in [0.2, 0.25) is 0 Å². The van der Waals surface area contributed by atoms with Crippen LogP contribution in [0.15, 0.2) is 53.7 Å². The molecule has 2 aromatic carbocycles. The largest absolute Gasteiger partial charge is 0.293 e. The molecule has 4 rings (SSSR count). The van der Waals surface area contributed by atoms with Crippen LogP contribution >= 0.6 is 11.8 Å². The van der Waals surface area contributed by atoms with Crippen molar-refractivity contribution in [3.8, 4) is 11.4 Å². The number of benzene rings is 2. The van der Waals surface area contributed by atoms with Gasteiger partial charge in [-0.3, -0.25) is 9.89 Å². The minimum atomic E-state index is -0.223. The number of aromatic nitrogens is 3. The molecule has 0 radical (unpaired) electrons. The number of ketones is 1. The summed E-state index contributed by atoms with van der Waals surface area (Å²) in [4.78, 5) is 17.2. The van der Waals surface area contributed by atoms with Crippen molar-refractivity contribution >= 4 is 17.5 Å². The van der Waals surface area contributed by atoms with Gasteiger partial charge in [-0.25, -0.2) is 4.98 Å². The van der Waals surface area contributed by atoms with Gasteiger partial charge in [0.25, 0.3) is 0 Å². The fourth-order valence-corrected chi connectivity index (χ4v) is 4.00. The van der Waals surface area contributed by atoms with E-state index in [1.54, 1.807) is 0 Å². The lowest BCUT2D eigenvalue weighted by molar-refractivity contribution is 0.0994. The molecular formula is C20H19N3OS. The van der Waals surface area contributed by atoms with E-state index in [0.717, 1.165) is 29.8 Å². The third kappa shape index (κ3) is 3.37. The molecule has 126 valence electrons. The van der Waals surface area contributed by atoms with E-state index >= 15 is 0 Å². The lowest BCUT2D eigenvalue weighted by Gasteiger charge is -2.09. The lowest BCUT2D eigenvalue weighted by atomic mass is 10.0. The maximum atomic E-state index is 12.7. The minimum Gasteiger partial charge on any atom is -0.293 e. The van der Waals surface area contributed by atoms with Gasteiger partial charge in [0.2, 0.25) is 5.16 Å². The highest BCUT2D eigenvalue weighted by molar-refractivity contribution is 8.00. The Hall–Kier alpha value is -2.40. The van der Waals surface area contributed by atoms with Gasteiger partial charge in [-0.15, -0.1) is 5.10 Å². The third-order valence-corrected chi connectivity index (χ3v) is 5.51. The first-order valence-corrected chi connectivity index (χ1v) is 9.39. The number of H-pyrrole nitrogens is 1. The number of carbonyl (C=O) groups excluding carboxylic acids is 1. The van der Waals surface area contributed by atoms with Crippen molar-refractivity contribution in [1.82, 2.24) is 15.2 Å². The second-order valence-corrected chi connectivity index (χ2v) is 7.60. The van der Waals surface area contributed by atoms with Crippen molar-refractivity contribution in [3.63, 3.8) is 0 Å². The Bertz CT molecular complexity index is 904. The van der Waals surface area contributed by atoms with E-state index in [9.17, 15) is 4.79 Å². The molecule has 1 aliphatic carbocycles. The molecule has 0 aliphatic heterocycles. The maximum absolute atomic E-state index is 12.7. The number of nitrogens with one attached hydrogen (secondary N) is 1. The SMILES string of the molecule is C[C@@H](Sc1n[nH]c(-c2ccccc2)n1)C(=O)c1ccc2c(c1)CCC2. The summed E-state index contributed by atoms with van der Waals surface area (Å²) in [6.45, 7) is 1.92. The van der Waals surface area contributed by atoms with Gasteiger partial charge in [0.05, 0.1) is 5.25 Å². The summed E-state index contributed by atoms with van der Waals surface area (Å²) in [5.74, 6) is 0.853. The molecule has 0 spiro atoms. The van der Waals surface area contributed by atoms with Gasteiger partial charge in [0.1, 0.15) is 0 Å². The molecule has 0 fully saturated rings. The van der Waals surface area contributed by atoms with Gasteiger partial charge in [0.15, 0.2) is 11.6 Å². The topological polar surface area (TPSA) is 58.6 Å². The average Bonchev–Trinajstić information content (AvgIpc) is 3.30. The molecule has 1 atom stereocenters. The number of thioether (sulfide) groups is 1. The summed E-state index contributed by atoms with van der Waals surface area (Å²) in [7, 11) is 0. The second-order valence-electron chi connectivity index (χ2n) is 6.29. The van der Waals surface area contributed by atoms with Crippen molar-refractivity contribution in [1.29, 1.82) is 0 Å². The minimum absolute atomic E-state index is 0.130. The first-order chi connectivity index (χ1) is 12.2. The number of aryl methyl sites for hydroxylation is 2. The summed E-state index contributed by atoms with van der Waals surface area (Å²) in [6.07, 6.45) is 3.41. The van der Waals surface area contributed by atoms with Gasteiger partial charge in [-0.05, 0) is 43.4 Å². The number of hydrogen-bond donors (Lipinski definition) is 1. The van der Waals surface area contributed by atoms with Crippen LogP contribution in [0, 0.1) is 0 Å². The molecule has 0 saturated heterocycles. The molecule has 0 unspecified atom stereocenters. The zero-order valence-electron chi connectivity index (χ0n) is 14.0. The molecule has 4 nitrogen and oxygen atoms in total. The van der Waals surface area contributed by atoms with E-state index < -0.39 is 0 Å². The molecule has 1 N–H and O–H groups in total. The van der Waals surface area contributed by atoms with Crippen LogP contribution in [-0.2, 0) is 12.8 Å². The van der Waals surface area contributed by atoms with Crippen LogP contribution in [0.3, 0.4) is 0 Å². The number of fused-ring (bicyclic) bond motifs is 1. The molecule has 1 aliphatic rings. The molecular weight excluding hydrogens is 330 g/mol. The Kier molecular flexibility index (Phi) is 4.40. The van der Waals surface area contributed by atoms with E-state index in [1.807, 2.05) is 43.3 Å². The molecule has 0 amide bonds. The predicted octanol–water partition coefficient (Wildman–Crippen LogP) is 4.32. The highest BCUT2D eigenvalue weighted by Gasteiger charge is 2.21. The van der Waals surface area contributed by atoms with Crippen LogP contribution in [0.25, 0.3) is 11.4 Å². The van der Waals surface area contributed by atoms with Crippen molar-refractivity contribution in [2.75, 3.05) is 0 Å². The van der Waals surface area contributed by atoms with Crippen LogP contribution in [0.1, 0.15) is 34.8 Å². The Morgan fingerprint density at radius 2 is 1.92 bits per heavy atom. The standard InChI is InChI=1S/C20H19N3OS/c1-13(18(24)17-11-10-14-8-5-9-16(14)12-17)25-20-21-19(22-23-20)15-6-3-2-4-7-15/h2-4,6-7,10-13H,5,8-9H2,1H3,(H,21,22,23)/t13-/m1/s1. The van der Waals surface area contributed by atoms with Crippen LogP contribution in [0.5, 0.6) is 0 Å². The number of Topliss-reactive ketones (excluding diaryl/α,β-unsaturated/α-hetero) is 1. The number of rotatable bonds is 5. The fourth-order valence-electron chi connectivity index (χ4n) is 3.20. The van der Waals surface area contributed by atoms with Gasteiger partial charge >= 0.3 is 0 Å². The maximum Gasteiger partial charge on any atom is 0.209 e. The lowest BCUT2D eigenvalue weighted by Crippen LogP contribution is -2.14. The predicted molar refractivity (Wildman–Crippen MR) is 99.9 cm³/mol. The smallest absolute Gasteiger partial charge is 0.209 e. The summed E-state index contributed by atoms with van der Waals surface area (Å²) in [5, 5.41) is 7.56. The quantitative estimate of drug-likeness (QED) is 0.550. The Morgan fingerprint density at radius 3 is 2.76 bits per heavy atom. The van der Waals surface area contributed by atoms with E-state index in [2.05, 4.69) is 27.3 Å². The monoisotopic (exact) mass is 349 g/mol. The van der Waals surface area contributed by atoms with Crippen molar-refractivity contribution in [2.45, 2.75) is 36.6 Å². The van der Waals surface area contributed by atoms with Gasteiger partial charge in [-0.2, -0.15) is 0 Å². The third-order valence-electron chi connectivity index (χ3n) is 4.55. The zero-order chi connectivity index (χ0) is 17.2. The van der Waals surface area contributed by atoms with Crippen LogP contribution in [-0.4, -0.2) is 26.2 Å². The molecule has 0 saturated carbocycles. The normalized spacial score (nSPS) is 14.3. The first kappa shape index (κ1) is 16.1. The second kappa shape index (κ2) is 6.84. The van der Waals surface area contributed by atoms with Crippen LogP contribution in [0.4, 0.5) is 0 Å². The van der Waals surface area contributed by atoms with Gasteiger partial charge < -0.3 is 0 Å². The van der Waals surface area contributed by atoms with E-state index in [-0.39, 0.29) is 11.0 Å². The molecule has 25 heavy (non-hydrogen) atoms. The Labute approximate surface area is 151 Å². The van der Waals surface area contributed by atoms with Crippen LogP contribution < -0.4 is 0 Å². The summed E-state index contributed by atoms with van der Waals surface area (Å²) in [6, 6.07) is 16.0. The number of aromatic amines is 1. The van der Waals surface area contributed by atoms with Gasteiger partial charge in [0, 0.05) is 11.1 Å². The molecule has 5 heteroatoms. The number of carbonyl (C=O) groups is 1. The Morgan fingerprint density at radius 1 is 1.12 bits per heavy atom. The molecule has 1 heterocycles. The fraction of sp³-hybridized carbons (Fsp3) is 0.250. The zero-order valence-corrected chi connectivity index (χ0v) is 14.8. The summed E-state index contributed by atoms with van der Waals surface area (Å²) < 4.78 is 0. The highest BCUT2D eigenvalue weighted by atomic mass is 32.2. The van der Waals surface area contributed by atoms with E-state index in [0.29, 0.717) is 5.16 Å². The van der Waals surface area contributed by atoms with Gasteiger partial charge in [-0.1, -0.05) is 54.2 Å². The van der Waals surface area contributed by atoms with Crippen molar-refractivity contribution in [3.05, 3.63) is 65.2 Å². The highest BCUT2D eigenvalue weighted by Crippen LogP contribution is 2.27. The molecule has 3 aromatic rings. The molecule has 1 aromatic heterocycles. The first-order valence-electron chi connectivity index (χ1n) is 8.51. The summed E-state index contributed by atoms with van der Waals surface area (Å²) >= 11 is 1.39. The van der Waals surface area contributed by atoms with Crippen molar-refractivity contribution in [2.24, 2.45) is 0 Å². The van der Waals surface area contributed by atoms with E-state index in [4.69, 9.17) is 0 Å². The number of hydrogen-bond acceptors (Lipinski definition) is 4. The summed E-state index contributed by atoms with van der Waals surface area (Å²) in [5.41, 5.74) is 4.49. The number of nitrogens with zero attached hydrogens (tertiary/aromatic N) is 2. The molecule has 0 bridgehead atoms. The average molecular weight is 349 g/mol. The van der Waals surface area contributed by atoms with Crippen molar-refractivity contribution < 1.29 is 4.79 Å².